The van der Waals surface area contributed by atoms with E-state index >= 15 is 0 Å². The van der Waals surface area contributed by atoms with Crippen molar-refractivity contribution < 1.29 is 9.53 Å². The number of thioether (sulfide) groups is 1. The maximum Gasteiger partial charge on any atom is 0.234 e. The molecule has 0 unspecified atom stereocenters. The molecule has 0 aliphatic rings. The number of amides is 1. The summed E-state index contributed by atoms with van der Waals surface area (Å²) in [4.78, 5) is 12.4. The second-order valence-corrected chi connectivity index (χ2v) is 10.5. The summed E-state index contributed by atoms with van der Waals surface area (Å²) in [6.45, 7) is 9.44. The van der Waals surface area contributed by atoms with Crippen LogP contribution in [0.4, 0.5) is 5.69 Å². The number of carbonyl (C=O) groups excluding carboxylic acids is 1. The summed E-state index contributed by atoms with van der Waals surface area (Å²) in [5.74, 6) is 1.33. The van der Waals surface area contributed by atoms with E-state index in [0.717, 1.165) is 5.75 Å². The molecule has 33 heavy (non-hydrogen) atoms. The van der Waals surface area contributed by atoms with Gasteiger partial charge in [0.2, 0.25) is 5.91 Å². The van der Waals surface area contributed by atoms with Crippen molar-refractivity contribution in [3.8, 4) is 5.75 Å². The zero-order chi connectivity index (χ0) is 24.2. The number of carbonyl (C=O) groups is 1. The first-order valence-electron chi connectivity index (χ1n) is 10.3. The van der Waals surface area contributed by atoms with Gasteiger partial charge in [0.1, 0.15) is 12.4 Å². The monoisotopic (exact) mass is 526 g/mol. The number of rotatable bonds is 8. The lowest BCUT2D eigenvalue weighted by molar-refractivity contribution is -0.113. The normalized spacial score (nSPS) is 11.5. The Hall–Kier alpha value is -1.93. The molecule has 0 saturated carbocycles. The van der Waals surface area contributed by atoms with Crippen molar-refractivity contribution in [1.29, 1.82) is 0 Å². The van der Waals surface area contributed by atoms with Crippen molar-refractivity contribution >= 4 is 58.2 Å². The van der Waals surface area contributed by atoms with E-state index in [0.29, 0.717) is 38.3 Å². The van der Waals surface area contributed by atoms with E-state index in [1.54, 1.807) is 0 Å². The van der Waals surface area contributed by atoms with Crippen molar-refractivity contribution in [2.24, 2.45) is 0 Å². The number of ether oxygens (including phenoxy) is 1. The van der Waals surface area contributed by atoms with Gasteiger partial charge < -0.3 is 14.6 Å². The SMILES string of the molecule is CCn1c(COc2ccc(C(C)(C)C)cc2)nnc1SCC(=O)Nc1cc(Cl)c(Cl)cc1Cl. The Balaban J connectivity index is 1.59. The van der Waals surface area contributed by atoms with Crippen LogP contribution in [0.25, 0.3) is 0 Å². The second-order valence-electron chi connectivity index (χ2n) is 8.29. The van der Waals surface area contributed by atoms with Gasteiger partial charge in [0.05, 0.1) is 26.5 Å². The van der Waals surface area contributed by atoms with Gasteiger partial charge in [-0.3, -0.25) is 4.79 Å². The van der Waals surface area contributed by atoms with Crippen molar-refractivity contribution in [3.63, 3.8) is 0 Å². The highest BCUT2D eigenvalue weighted by atomic mass is 35.5. The molecule has 3 rings (SSSR count). The third-order valence-electron chi connectivity index (χ3n) is 4.81. The largest absolute Gasteiger partial charge is 0.486 e. The fourth-order valence-corrected chi connectivity index (χ4v) is 4.40. The predicted molar refractivity (Wildman–Crippen MR) is 136 cm³/mol. The Morgan fingerprint density at radius 3 is 2.36 bits per heavy atom. The minimum Gasteiger partial charge on any atom is -0.486 e. The molecule has 0 bridgehead atoms. The number of nitrogens with one attached hydrogen (secondary N) is 1. The molecule has 0 saturated heterocycles. The van der Waals surface area contributed by atoms with Crippen molar-refractivity contribution in [2.45, 2.75) is 51.4 Å². The molecule has 0 aliphatic heterocycles. The minimum atomic E-state index is -0.248. The average molecular weight is 528 g/mol. The number of halogens is 3. The van der Waals surface area contributed by atoms with E-state index in [1.165, 1.54) is 29.5 Å². The molecule has 3 aromatic rings. The molecule has 0 spiro atoms. The van der Waals surface area contributed by atoms with E-state index < -0.39 is 0 Å². The summed E-state index contributed by atoms with van der Waals surface area (Å²) in [7, 11) is 0. The van der Waals surface area contributed by atoms with E-state index in [1.807, 2.05) is 23.6 Å². The summed E-state index contributed by atoms with van der Waals surface area (Å²) in [6, 6.07) is 11.1. The van der Waals surface area contributed by atoms with Gasteiger partial charge in [-0.1, -0.05) is 79.5 Å². The Morgan fingerprint density at radius 2 is 1.73 bits per heavy atom. The smallest absolute Gasteiger partial charge is 0.234 e. The molecule has 0 radical (unpaired) electrons. The van der Waals surface area contributed by atoms with Crippen LogP contribution < -0.4 is 10.1 Å². The highest BCUT2D eigenvalue weighted by molar-refractivity contribution is 7.99. The first-order valence-corrected chi connectivity index (χ1v) is 12.4. The quantitative estimate of drug-likeness (QED) is 0.256. The van der Waals surface area contributed by atoms with E-state index in [-0.39, 0.29) is 23.7 Å². The Bertz CT molecular complexity index is 1130. The number of benzene rings is 2. The van der Waals surface area contributed by atoms with Crippen LogP contribution in [-0.4, -0.2) is 26.4 Å². The van der Waals surface area contributed by atoms with Crippen molar-refractivity contribution in [3.05, 3.63) is 62.9 Å². The number of nitrogens with zero attached hydrogens (tertiary/aromatic N) is 3. The van der Waals surface area contributed by atoms with Crippen LogP contribution in [-0.2, 0) is 23.4 Å². The molecule has 1 aromatic heterocycles. The predicted octanol–water partition coefficient (Wildman–Crippen LogP) is 6.87. The highest BCUT2D eigenvalue weighted by Crippen LogP contribution is 2.32. The molecule has 176 valence electrons. The fourth-order valence-electron chi connectivity index (χ4n) is 2.98. The minimum absolute atomic E-state index is 0.0878. The standard InChI is InChI=1S/C23H25Cl3N4O2S/c1-5-30-20(12-32-15-8-6-14(7-9-15)23(2,3)4)28-29-22(30)33-13-21(31)27-19-11-17(25)16(24)10-18(19)26/h6-11H,5,12-13H2,1-4H3,(H,27,31). The second kappa shape index (κ2) is 11.0. The van der Waals surface area contributed by atoms with Gasteiger partial charge in [-0.25, -0.2) is 0 Å². The van der Waals surface area contributed by atoms with Crippen LogP contribution in [0.15, 0.2) is 41.6 Å². The van der Waals surface area contributed by atoms with Crippen LogP contribution in [0.2, 0.25) is 15.1 Å². The zero-order valence-electron chi connectivity index (χ0n) is 18.8. The zero-order valence-corrected chi connectivity index (χ0v) is 21.9. The van der Waals surface area contributed by atoms with Crippen LogP contribution in [0, 0.1) is 0 Å². The molecular weight excluding hydrogens is 503 g/mol. The summed E-state index contributed by atoms with van der Waals surface area (Å²) >= 11 is 19.3. The fraction of sp³-hybridized carbons (Fsp3) is 0.348. The number of aromatic nitrogens is 3. The number of hydrogen-bond acceptors (Lipinski definition) is 5. The van der Waals surface area contributed by atoms with E-state index in [2.05, 4.69) is 48.4 Å². The maximum absolute atomic E-state index is 12.4. The van der Waals surface area contributed by atoms with Gasteiger partial charge in [0.15, 0.2) is 11.0 Å². The molecule has 2 aromatic carbocycles. The summed E-state index contributed by atoms with van der Waals surface area (Å²) < 4.78 is 7.83. The first-order chi connectivity index (χ1) is 15.6. The van der Waals surface area contributed by atoms with Crippen LogP contribution in [0.3, 0.4) is 0 Å². The lowest BCUT2D eigenvalue weighted by Crippen LogP contribution is -2.15. The first kappa shape index (κ1) is 25.7. The average Bonchev–Trinajstić information content (AvgIpc) is 3.16. The molecule has 1 heterocycles. The Kier molecular flexibility index (Phi) is 8.56. The van der Waals surface area contributed by atoms with Crippen molar-refractivity contribution in [2.75, 3.05) is 11.1 Å². The topological polar surface area (TPSA) is 69.0 Å². The Morgan fingerprint density at radius 1 is 1.06 bits per heavy atom. The van der Waals surface area contributed by atoms with Gasteiger partial charge in [0, 0.05) is 6.54 Å². The Labute approximate surface area is 213 Å². The third kappa shape index (κ3) is 6.79. The number of hydrogen-bond donors (Lipinski definition) is 1. The van der Waals surface area contributed by atoms with Crippen LogP contribution >= 0.6 is 46.6 Å². The molecule has 0 fully saturated rings. The molecule has 10 heteroatoms. The van der Waals surface area contributed by atoms with Gasteiger partial charge in [0.25, 0.3) is 0 Å². The van der Waals surface area contributed by atoms with Crippen LogP contribution in [0.5, 0.6) is 5.75 Å². The van der Waals surface area contributed by atoms with Gasteiger partial charge in [-0.05, 0) is 42.2 Å². The summed E-state index contributed by atoms with van der Waals surface area (Å²) in [6.07, 6.45) is 0. The highest BCUT2D eigenvalue weighted by Gasteiger charge is 2.16. The van der Waals surface area contributed by atoms with Gasteiger partial charge >= 0.3 is 0 Å². The van der Waals surface area contributed by atoms with Crippen LogP contribution in [0.1, 0.15) is 39.1 Å². The van der Waals surface area contributed by atoms with Gasteiger partial charge in [-0.2, -0.15) is 0 Å². The lowest BCUT2D eigenvalue weighted by Gasteiger charge is -2.19. The lowest BCUT2D eigenvalue weighted by atomic mass is 9.87. The number of anilines is 1. The maximum atomic E-state index is 12.4. The van der Waals surface area contributed by atoms with Crippen molar-refractivity contribution in [1.82, 2.24) is 14.8 Å². The molecule has 6 nitrogen and oxygen atoms in total. The molecular formula is C23H25Cl3N4O2S. The third-order valence-corrected chi connectivity index (χ3v) is 6.82. The van der Waals surface area contributed by atoms with Gasteiger partial charge in [-0.15, -0.1) is 10.2 Å². The van der Waals surface area contributed by atoms with E-state index in [4.69, 9.17) is 39.5 Å². The molecule has 1 amide bonds. The summed E-state index contributed by atoms with van der Waals surface area (Å²) in [5.41, 5.74) is 1.73. The van der Waals surface area contributed by atoms with E-state index in [9.17, 15) is 4.79 Å². The molecule has 1 N–H and O–H groups in total. The molecule has 0 aliphatic carbocycles. The molecule has 0 atom stereocenters. The summed E-state index contributed by atoms with van der Waals surface area (Å²) in [5, 5.41) is 12.8.